The molecular formula is C18H19N3O3S. The van der Waals surface area contributed by atoms with Crippen LogP contribution < -0.4 is 0 Å². The number of fused-ring (bicyclic) bond motifs is 1. The molecule has 7 heteroatoms. The Balaban J connectivity index is 1.52. The summed E-state index contributed by atoms with van der Waals surface area (Å²) < 4.78 is 26.6. The van der Waals surface area contributed by atoms with Crippen molar-refractivity contribution in [1.82, 2.24) is 14.2 Å². The molecule has 0 spiro atoms. The van der Waals surface area contributed by atoms with Crippen LogP contribution in [-0.2, 0) is 23.1 Å². The van der Waals surface area contributed by atoms with Gasteiger partial charge in [-0.25, -0.2) is 8.42 Å². The number of rotatable bonds is 3. The zero-order chi connectivity index (χ0) is 17.4. The normalized spacial score (nSPS) is 17.7. The van der Waals surface area contributed by atoms with Crippen molar-refractivity contribution >= 4 is 15.9 Å². The second kappa shape index (κ2) is 6.24. The fraction of sp³-hybridized carbons (Fsp3) is 0.333. The first kappa shape index (κ1) is 16.2. The highest BCUT2D eigenvalue weighted by Gasteiger charge is 2.28. The molecule has 6 nitrogen and oxygen atoms in total. The monoisotopic (exact) mass is 357 g/mol. The number of pyridine rings is 1. The molecule has 0 radical (unpaired) electrons. The predicted molar refractivity (Wildman–Crippen MR) is 92.2 cm³/mol. The first-order valence-corrected chi connectivity index (χ1v) is 9.82. The van der Waals surface area contributed by atoms with Crippen LogP contribution in [0, 0.1) is 0 Å². The Morgan fingerprint density at radius 2 is 1.72 bits per heavy atom. The van der Waals surface area contributed by atoms with Crippen LogP contribution in [0.2, 0.25) is 0 Å². The predicted octanol–water partition coefficient (Wildman–Crippen LogP) is 2.02. The van der Waals surface area contributed by atoms with E-state index in [0.717, 1.165) is 24.1 Å². The molecule has 1 amide bonds. The molecule has 1 aromatic carbocycles. The molecule has 3 heterocycles. The molecule has 0 atom stereocenters. The molecule has 1 fully saturated rings. The van der Waals surface area contributed by atoms with Crippen molar-refractivity contribution in [2.24, 2.45) is 0 Å². The fourth-order valence-electron chi connectivity index (χ4n) is 3.37. The summed E-state index contributed by atoms with van der Waals surface area (Å²) in [7, 11) is -3.45. The molecule has 0 aliphatic carbocycles. The lowest BCUT2D eigenvalue weighted by molar-refractivity contribution is 0.0750. The third-order valence-corrected chi connectivity index (χ3v) is 6.69. The summed E-state index contributed by atoms with van der Waals surface area (Å²) in [5, 5.41) is 0. The zero-order valence-corrected chi connectivity index (χ0v) is 14.6. The SMILES string of the molecule is O=C(c1ccc(S(=O)(=O)N2CCCC2)cc1)N1Cc2cccnc2C1. The summed E-state index contributed by atoms with van der Waals surface area (Å²) in [4.78, 5) is 18.9. The Labute approximate surface area is 147 Å². The van der Waals surface area contributed by atoms with Gasteiger partial charge in [-0.2, -0.15) is 4.31 Å². The minimum atomic E-state index is -3.45. The van der Waals surface area contributed by atoms with Crippen LogP contribution >= 0.6 is 0 Å². The van der Waals surface area contributed by atoms with Crippen molar-refractivity contribution in [3.63, 3.8) is 0 Å². The van der Waals surface area contributed by atoms with Crippen molar-refractivity contribution in [1.29, 1.82) is 0 Å². The molecule has 25 heavy (non-hydrogen) atoms. The van der Waals surface area contributed by atoms with Gasteiger partial charge in [0.15, 0.2) is 0 Å². The average Bonchev–Trinajstić information content (AvgIpc) is 3.31. The van der Waals surface area contributed by atoms with Crippen LogP contribution in [0.1, 0.15) is 34.5 Å². The van der Waals surface area contributed by atoms with Crippen LogP contribution in [-0.4, -0.2) is 41.6 Å². The molecule has 0 N–H and O–H groups in total. The van der Waals surface area contributed by atoms with Crippen LogP contribution in [0.15, 0.2) is 47.5 Å². The zero-order valence-electron chi connectivity index (χ0n) is 13.8. The van der Waals surface area contributed by atoms with Crippen LogP contribution in [0.25, 0.3) is 0 Å². The molecule has 0 saturated carbocycles. The second-order valence-electron chi connectivity index (χ2n) is 6.41. The third kappa shape index (κ3) is 2.94. The molecule has 0 unspecified atom stereocenters. The van der Waals surface area contributed by atoms with Gasteiger partial charge in [0, 0.05) is 31.4 Å². The molecule has 2 aliphatic heterocycles. The van der Waals surface area contributed by atoms with Gasteiger partial charge in [0.25, 0.3) is 5.91 Å². The minimum absolute atomic E-state index is 0.108. The number of benzene rings is 1. The van der Waals surface area contributed by atoms with Crippen LogP contribution in [0.4, 0.5) is 0 Å². The molecule has 1 saturated heterocycles. The Hall–Kier alpha value is -2.25. The highest BCUT2D eigenvalue weighted by atomic mass is 32.2. The Bertz CT molecular complexity index is 878. The van der Waals surface area contributed by atoms with E-state index in [1.807, 2.05) is 12.1 Å². The maximum absolute atomic E-state index is 12.7. The van der Waals surface area contributed by atoms with Gasteiger partial charge in [0.1, 0.15) is 0 Å². The van der Waals surface area contributed by atoms with Crippen molar-refractivity contribution in [3.05, 3.63) is 59.4 Å². The second-order valence-corrected chi connectivity index (χ2v) is 8.34. The Morgan fingerprint density at radius 3 is 2.40 bits per heavy atom. The van der Waals surface area contributed by atoms with E-state index in [-0.39, 0.29) is 10.8 Å². The summed E-state index contributed by atoms with van der Waals surface area (Å²) in [6, 6.07) is 10.1. The van der Waals surface area contributed by atoms with E-state index in [1.54, 1.807) is 23.2 Å². The number of nitrogens with zero attached hydrogens (tertiary/aromatic N) is 3. The number of carbonyl (C=O) groups excluding carboxylic acids is 1. The Kier molecular flexibility index (Phi) is 4.05. The van der Waals surface area contributed by atoms with Gasteiger partial charge in [-0.05, 0) is 48.7 Å². The smallest absolute Gasteiger partial charge is 0.254 e. The van der Waals surface area contributed by atoms with Crippen molar-refractivity contribution in [2.45, 2.75) is 30.8 Å². The first-order chi connectivity index (χ1) is 12.1. The maximum atomic E-state index is 12.7. The van der Waals surface area contributed by atoms with E-state index >= 15 is 0 Å². The topological polar surface area (TPSA) is 70.6 Å². The van der Waals surface area contributed by atoms with E-state index in [9.17, 15) is 13.2 Å². The number of amides is 1. The van der Waals surface area contributed by atoms with E-state index in [2.05, 4.69) is 4.98 Å². The number of aromatic nitrogens is 1. The molecule has 130 valence electrons. The van der Waals surface area contributed by atoms with Gasteiger partial charge in [0.2, 0.25) is 10.0 Å². The molecule has 2 aromatic rings. The van der Waals surface area contributed by atoms with E-state index in [4.69, 9.17) is 0 Å². The van der Waals surface area contributed by atoms with Crippen LogP contribution in [0.3, 0.4) is 0 Å². The van der Waals surface area contributed by atoms with Crippen LogP contribution in [0.5, 0.6) is 0 Å². The summed E-state index contributed by atoms with van der Waals surface area (Å²) in [6.07, 6.45) is 3.53. The van der Waals surface area contributed by atoms with E-state index in [1.165, 1.54) is 16.4 Å². The number of carbonyl (C=O) groups is 1. The van der Waals surface area contributed by atoms with Gasteiger partial charge in [-0.3, -0.25) is 9.78 Å². The first-order valence-electron chi connectivity index (χ1n) is 8.38. The lowest BCUT2D eigenvalue weighted by Gasteiger charge is -2.17. The average molecular weight is 357 g/mol. The van der Waals surface area contributed by atoms with Gasteiger partial charge < -0.3 is 4.90 Å². The highest BCUT2D eigenvalue weighted by Crippen LogP contribution is 2.24. The number of hydrogen-bond donors (Lipinski definition) is 0. The summed E-state index contributed by atoms with van der Waals surface area (Å²) in [5.74, 6) is -0.108. The summed E-state index contributed by atoms with van der Waals surface area (Å²) in [5.41, 5.74) is 2.47. The van der Waals surface area contributed by atoms with Gasteiger partial charge in [-0.1, -0.05) is 6.07 Å². The largest absolute Gasteiger partial charge is 0.328 e. The summed E-state index contributed by atoms with van der Waals surface area (Å²) >= 11 is 0. The number of hydrogen-bond acceptors (Lipinski definition) is 4. The summed E-state index contributed by atoms with van der Waals surface area (Å²) in [6.45, 7) is 2.17. The standard InChI is InChI=1S/C18H19N3O3S/c22-18(20-12-15-4-3-9-19-17(15)13-20)14-5-7-16(8-6-14)25(23,24)21-10-1-2-11-21/h3-9H,1-2,10-13H2. The lowest BCUT2D eigenvalue weighted by atomic mass is 10.2. The third-order valence-electron chi connectivity index (χ3n) is 4.78. The van der Waals surface area contributed by atoms with Crippen molar-refractivity contribution in [2.75, 3.05) is 13.1 Å². The minimum Gasteiger partial charge on any atom is -0.328 e. The number of sulfonamides is 1. The molecule has 1 aromatic heterocycles. The van der Waals surface area contributed by atoms with Crippen molar-refractivity contribution in [3.8, 4) is 0 Å². The Morgan fingerprint density at radius 1 is 1.00 bits per heavy atom. The fourth-order valence-corrected chi connectivity index (χ4v) is 4.89. The maximum Gasteiger partial charge on any atom is 0.254 e. The molecular weight excluding hydrogens is 338 g/mol. The highest BCUT2D eigenvalue weighted by molar-refractivity contribution is 7.89. The quantitative estimate of drug-likeness (QED) is 0.843. The lowest BCUT2D eigenvalue weighted by Crippen LogP contribution is -2.28. The van der Waals surface area contributed by atoms with Crippen molar-refractivity contribution < 1.29 is 13.2 Å². The van der Waals surface area contributed by atoms with Gasteiger partial charge in [-0.15, -0.1) is 0 Å². The van der Waals surface area contributed by atoms with Gasteiger partial charge >= 0.3 is 0 Å². The van der Waals surface area contributed by atoms with Gasteiger partial charge in [0.05, 0.1) is 17.1 Å². The molecule has 0 bridgehead atoms. The molecule has 4 rings (SSSR count). The van der Waals surface area contributed by atoms with E-state index in [0.29, 0.717) is 31.7 Å². The molecule has 2 aliphatic rings. The van der Waals surface area contributed by atoms with E-state index < -0.39 is 10.0 Å².